The van der Waals surface area contributed by atoms with Crippen molar-refractivity contribution in [3.63, 3.8) is 0 Å². The molecule has 29 heavy (non-hydrogen) atoms. The molecule has 0 aliphatic carbocycles. The monoisotopic (exact) mass is 407 g/mol. The number of hydrogen-bond acceptors (Lipinski definition) is 5. The number of para-hydroxylation sites is 1. The molecule has 2 aromatic heterocycles. The maximum absolute atomic E-state index is 12.9. The first-order valence-electron chi connectivity index (χ1n) is 8.75. The Kier molecular flexibility index (Phi) is 4.87. The van der Waals surface area contributed by atoms with Gasteiger partial charge in [-0.25, -0.2) is 18.5 Å². The summed E-state index contributed by atoms with van der Waals surface area (Å²) in [6.45, 7) is 0.233. The van der Waals surface area contributed by atoms with Crippen LogP contribution in [-0.4, -0.2) is 19.3 Å². The van der Waals surface area contributed by atoms with E-state index in [0.717, 1.165) is 10.9 Å². The normalized spacial score (nSPS) is 11.5. The summed E-state index contributed by atoms with van der Waals surface area (Å²) in [6, 6.07) is 18.7. The Hall–Kier alpha value is -3.49. The third-order valence-corrected chi connectivity index (χ3v) is 5.37. The van der Waals surface area contributed by atoms with Crippen LogP contribution in [0.5, 0.6) is 0 Å². The lowest BCUT2D eigenvalue weighted by Crippen LogP contribution is -2.23. The highest BCUT2D eigenvalue weighted by Gasteiger charge is 2.15. The van der Waals surface area contributed by atoms with Crippen molar-refractivity contribution in [3.05, 3.63) is 84.1 Å². The van der Waals surface area contributed by atoms with Gasteiger partial charge in [-0.1, -0.05) is 30.3 Å². The van der Waals surface area contributed by atoms with Crippen molar-refractivity contribution in [1.82, 2.24) is 10.3 Å². The predicted octanol–water partition coefficient (Wildman–Crippen LogP) is 3.07. The molecule has 7 nitrogen and oxygen atoms in total. The number of hydrogen-bond donors (Lipinski definition) is 2. The number of nitrogens with two attached hydrogens (primary N) is 1. The van der Waals surface area contributed by atoms with Gasteiger partial charge in [-0.05, 0) is 42.0 Å². The van der Waals surface area contributed by atoms with Crippen molar-refractivity contribution in [3.8, 4) is 11.5 Å². The minimum Gasteiger partial charge on any atom is -0.463 e. The highest BCUT2D eigenvalue weighted by Crippen LogP contribution is 2.25. The lowest BCUT2D eigenvalue weighted by atomic mass is 10.1. The molecule has 2 aromatic carbocycles. The van der Waals surface area contributed by atoms with E-state index >= 15 is 0 Å². The van der Waals surface area contributed by atoms with Gasteiger partial charge in [0.1, 0.15) is 5.69 Å². The van der Waals surface area contributed by atoms with Gasteiger partial charge in [-0.3, -0.25) is 4.79 Å². The molecule has 0 radical (unpaired) electrons. The molecule has 0 aliphatic rings. The Balaban J connectivity index is 1.61. The van der Waals surface area contributed by atoms with Gasteiger partial charge in [0.25, 0.3) is 5.91 Å². The van der Waals surface area contributed by atoms with Gasteiger partial charge in [-0.15, -0.1) is 0 Å². The minimum absolute atomic E-state index is 0.0239. The van der Waals surface area contributed by atoms with E-state index in [-0.39, 0.29) is 17.3 Å². The van der Waals surface area contributed by atoms with Gasteiger partial charge in [0.05, 0.1) is 22.2 Å². The topological polar surface area (TPSA) is 115 Å². The number of sulfonamides is 1. The fourth-order valence-electron chi connectivity index (χ4n) is 2.99. The molecule has 0 aliphatic heterocycles. The highest BCUT2D eigenvalue weighted by molar-refractivity contribution is 7.89. The van der Waals surface area contributed by atoms with Gasteiger partial charge in [-0.2, -0.15) is 0 Å². The summed E-state index contributed by atoms with van der Waals surface area (Å²) >= 11 is 0. The van der Waals surface area contributed by atoms with Crippen LogP contribution in [0.25, 0.3) is 22.4 Å². The number of pyridine rings is 1. The van der Waals surface area contributed by atoms with Crippen LogP contribution in [-0.2, 0) is 16.6 Å². The molecule has 4 aromatic rings. The predicted molar refractivity (Wildman–Crippen MR) is 108 cm³/mol. The lowest BCUT2D eigenvalue weighted by molar-refractivity contribution is 0.0952. The largest absolute Gasteiger partial charge is 0.463 e. The number of nitrogens with one attached hydrogen (secondary N) is 1. The van der Waals surface area contributed by atoms with Crippen LogP contribution in [0.15, 0.2) is 82.3 Å². The molecule has 0 saturated carbocycles. The molecule has 1 amide bonds. The summed E-state index contributed by atoms with van der Waals surface area (Å²) in [5.74, 6) is 0.301. The van der Waals surface area contributed by atoms with Crippen molar-refractivity contribution in [2.45, 2.75) is 11.4 Å². The number of carbonyl (C=O) groups is 1. The zero-order valence-corrected chi connectivity index (χ0v) is 16.0. The molecule has 0 fully saturated rings. The lowest BCUT2D eigenvalue weighted by Gasteiger charge is -2.10. The quantitative estimate of drug-likeness (QED) is 0.527. The van der Waals surface area contributed by atoms with Crippen LogP contribution >= 0.6 is 0 Å². The Morgan fingerprint density at radius 1 is 1.03 bits per heavy atom. The Labute approximate surface area is 167 Å². The molecule has 2 heterocycles. The first-order valence-corrected chi connectivity index (χ1v) is 10.3. The van der Waals surface area contributed by atoms with Crippen molar-refractivity contribution < 1.29 is 17.6 Å². The second kappa shape index (κ2) is 7.50. The summed E-state index contributed by atoms with van der Waals surface area (Å²) in [5.41, 5.74) is 2.47. The molecule has 4 rings (SSSR count). The Morgan fingerprint density at radius 2 is 1.79 bits per heavy atom. The third-order valence-electron chi connectivity index (χ3n) is 4.44. The van der Waals surface area contributed by atoms with E-state index in [1.165, 1.54) is 12.1 Å². The molecular formula is C21H17N3O4S. The number of benzene rings is 2. The van der Waals surface area contributed by atoms with Crippen molar-refractivity contribution in [2.75, 3.05) is 0 Å². The fraction of sp³-hybridized carbons (Fsp3) is 0.0476. The standard InChI is InChI=1S/C21H17N3O4S/c22-29(26,27)15-9-7-14(8-10-15)13-23-21(25)17-12-19(20-6-3-11-28-20)24-18-5-2-1-4-16(17)18/h1-12H,13H2,(H,23,25)(H2,22,26,27). The van der Waals surface area contributed by atoms with Gasteiger partial charge in [0.15, 0.2) is 5.76 Å². The van der Waals surface area contributed by atoms with E-state index in [9.17, 15) is 13.2 Å². The number of fused-ring (bicyclic) bond motifs is 1. The number of nitrogens with zero attached hydrogens (tertiary/aromatic N) is 1. The molecule has 0 atom stereocenters. The van der Waals surface area contributed by atoms with Gasteiger partial charge in [0.2, 0.25) is 10.0 Å². The number of carbonyl (C=O) groups excluding carboxylic acids is 1. The molecule has 8 heteroatoms. The fourth-order valence-corrected chi connectivity index (χ4v) is 3.50. The van der Waals surface area contributed by atoms with Gasteiger partial charge in [0, 0.05) is 11.9 Å². The number of aromatic nitrogens is 1. The van der Waals surface area contributed by atoms with Crippen molar-refractivity contribution in [1.29, 1.82) is 0 Å². The molecule has 0 unspecified atom stereocenters. The van der Waals surface area contributed by atoms with Crippen LogP contribution < -0.4 is 10.5 Å². The van der Waals surface area contributed by atoms with Crippen LogP contribution in [0.3, 0.4) is 0 Å². The van der Waals surface area contributed by atoms with Crippen LogP contribution in [0.4, 0.5) is 0 Å². The average molecular weight is 407 g/mol. The van der Waals surface area contributed by atoms with Gasteiger partial charge >= 0.3 is 0 Å². The van der Waals surface area contributed by atoms with Crippen LogP contribution in [0.1, 0.15) is 15.9 Å². The second-order valence-corrected chi connectivity index (χ2v) is 7.98. The average Bonchev–Trinajstić information content (AvgIpc) is 3.26. The zero-order chi connectivity index (χ0) is 20.4. The van der Waals surface area contributed by atoms with Crippen molar-refractivity contribution >= 4 is 26.8 Å². The summed E-state index contributed by atoms with van der Waals surface area (Å²) in [4.78, 5) is 17.5. The van der Waals surface area contributed by atoms with E-state index in [1.807, 2.05) is 24.3 Å². The van der Waals surface area contributed by atoms with E-state index in [2.05, 4.69) is 10.3 Å². The first kappa shape index (κ1) is 18.9. The number of primary sulfonamides is 1. The molecule has 146 valence electrons. The van der Waals surface area contributed by atoms with E-state index in [0.29, 0.717) is 22.5 Å². The molecule has 0 saturated heterocycles. The Morgan fingerprint density at radius 3 is 2.48 bits per heavy atom. The number of furan rings is 1. The minimum atomic E-state index is -3.75. The SMILES string of the molecule is NS(=O)(=O)c1ccc(CNC(=O)c2cc(-c3ccco3)nc3ccccc23)cc1. The zero-order valence-electron chi connectivity index (χ0n) is 15.2. The molecule has 0 spiro atoms. The summed E-state index contributed by atoms with van der Waals surface area (Å²) < 4.78 is 28.1. The van der Waals surface area contributed by atoms with E-state index in [1.54, 1.807) is 36.6 Å². The number of rotatable bonds is 5. The highest BCUT2D eigenvalue weighted by atomic mass is 32.2. The maximum Gasteiger partial charge on any atom is 0.252 e. The first-order chi connectivity index (χ1) is 13.9. The molecule has 3 N–H and O–H groups in total. The number of amides is 1. The third kappa shape index (κ3) is 4.03. The molecule has 0 bridgehead atoms. The summed E-state index contributed by atoms with van der Waals surface area (Å²) in [5, 5.41) is 8.69. The maximum atomic E-state index is 12.9. The van der Waals surface area contributed by atoms with Gasteiger partial charge < -0.3 is 9.73 Å². The van der Waals surface area contributed by atoms with E-state index < -0.39 is 10.0 Å². The smallest absolute Gasteiger partial charge is 0.252 e. The van der Waals surface area contributed by atoms with E-state index in [4.69, 9.17) is 9.56 Å². The van der Waals surface area contributed by atoms with Crippen molar-refractivity contribution in [2.24, 2.45) is 5.14 Å². The van der Waals surface area contributed by atoms with Crippen LogP contribution in [0, 0.1) is 0 Å². The summed E-state index contributed by atoms with van der Waals surface area (Å²) in [6.07, 6.45) is 1.55. The Bertz CT molecular complexity index is 1280. The molecular weight excluding hydrogens is 390 g/mol. The summed E-state index contributed by atoms with van der Waals surface area (Å²) in [7, 11) is -3.75. The van der Waals surface area contributed by atoms with Crippen LogP contribution in [0.2, 0.25) is 0 Å². The second-order valence-electron chi connectivity index (χ2n) is 6.42.